The van der Waals surface area contributed by atoms with Gasteiger partial charge in [-0.25, -0.2) is 0 Å². The molecule has 2 aromatic carbocycles. The van der Waals surface area contributed by atoms with Crippen molar-refractivity contribution in [3.63, 3.8) is 0 Å². The molecule has 3 rings (SSSR count). The van der Waals surface area contributed by atoms with Crippen molar-refractivity contribution in [2.45, 2.75) is 32.2 Å². The summed E-state index contributed by atoms with van der Waals surface area (Å²) in [6.45, 7) is 4.15. The Labute approximate surface area is 147 Å². The van der Waals surface area contributed by atoms with Gasteiger partial charge in [-0.05, 0) is 43.5 Å². The number of nitrogens with zero attached hydrogens (tertiary/aromatic N) is 1. The average Bonchev–Trinajstić information content (AvgIpc) is 2.60. The normalized spacial score (nSPS) is 15.1. The molecule has 1 aliphatic heterocycles. The highest BCUT2D eigenvalue weighted by molar-refractivity contribution is 6.17. The predicted molar refractivity (Wildman–Crippen MR) is 98.1 cm³/mol. The first-order chi connectivity index (χ1) is 11.9. The number of ketones is 1. The number of aldehydes is 1. The second-order valence-electron chi connectivity index (χ2n) is 6.88. The van der Waals surface area contributed by atoms with Gasteiger partial charge < -0.3 is 4.74 Å². The topological polar surface area (TPSA) is 55.7 Å². The number of ether oxygens (including phenoxy) is 1. The van der Waals surface area contributed by atoms with Crippen LogP contribution in [0.5, 0.6) is 5.75 Å². The van der Waals surface area contributed by atoms with E-state index in [9.17, 15) is 9.59 Å². The Kier molecular flexibility index (Phi) is 4.53. The Morgan fingerprint density at radius 3 is 2.72 bits per heavy atom. The molecule has 0 spiro atoms. The van der Waals surface area contributed by atoms with E-state index in [1.807, 2.05) is 18.2 Å². The van der Waals surface area contributed by atoms with E-state index in [0.717, 1.165) is 24.0 Å². The van der Waals surface area contributed by atoms with E-state index in [2.05, 4.69) is 19.9 Å². The maximum atomic E-state index is 12.9. The summed E-state index contributed by atoms with van der Waals surface area (Å²) in [5.74, 6) is 0.346. The zero-order valence-corrected chi connectivity index (χ0v) is 14.7. The Bertz CT molecular complexity index is 865. The van der Waals surface area contributed by atoms with Crippen molar-refractivity contribution in [1.82, 2.24) is 0 Å². The SMILES string of the molecule is COc1cc(C=O)ccc1C(=O)CC1=NC(C)(C)Cc2ccccc21. The fourth-order valence-corrected chi connectivity index (χ4v) is 3.28. The standard InChI is InChI=1S/C21H21NO3/c1-21(2)12-15-6-4-5-7-16(15)18(22-21)11-19(24)17-9-8-14(13-23)10-20(17)25-3/h4-10,13H,11-12H2,1-3H3. The molecule has 128 valence electrons. The number of methoxy groups -OCH3 is 1. The molecule has 4 heteroatoms. The summed E-state index contributed by atoms with van der Waals surface area (Å²) < 4.78 is 5.29. The largest absolute Gasteiger partial charge is 0.496 e. The number of rotatable bonds is 5. The molecule has 0 saturated carbocycles. The van der Waals surface area contributed by atoms with E-state index in [4.69, 9.17) is 9.73 Å². The molecular weight excluding hydrogens is 314 g/mol. The number of Topliss-reactive ketones (excluding diaryl/α,β-unsaturated/α-hetero) is 1. The molecule has 2 aromatic rings. The Hall–Kier alpha value is -2.75. The van der Waals surface area contributed by atoms with Crippen LogP contribution in [0.4, 0.5) is 0 Å². The summed E-state index contributed by atoms with van der Waals surface area (Å²) in [6.07, 6.45) is 1.80. The van der Waals surface area contributed by atoms with Crippen LogP contribution in [0.1, 0.15) is 52.1 Å². The fourth-order valence-electron chi connectivity index (χ4n) is 3.28. The van der Waals surface area contributed by atoms with Crippen molar-refractivity contribution in [3.05, 3.63) is 64.7 Å². The van der Waals surface area contributed by atoms with E-state index < -0.39 is 0 Å². The molecule has 1 aliphatic rings. The molecule has 4 nitrogen and oxygen atoms in total. The predicted octanol–water partition coefficient (Wildman–Crippen LogP) is 3.90. The van der Waals surface area contributed by atoms with Crippen LogP contribution in [0.15, 0.2) is 47.5 Å². The molecule has 0 N–H and O–H groups in total. The van der Waals surface area contributed by atoms with Gasteiger partial charge in [0.2, 0.25) is 0 Å². The first-order valence-electron chi connectivity index (χ1n) is 8.27. The van der Waals surface area contributed by atoms with Gasteiger partial charge in [0.05, 0.1) is 30.3 Å². The molecule has 0 unspecified atom stereocenters. The lowest BCUT2D eigenvalue weighted by atomic mass is 9.85. The number of carbonyl (C=O) groups excluding carboxylic acids is 2. The number of fused-ring (bicyclic) bond motifs is 1. The molecular formula is C21H21NO3. The summed E-state index contributed by atoms with van der Waals surface area (Å²) in [5.41, 5.74) is 3.78. The van der Waals surface area contributed by atoms with E-state index in [1.165, 1.54) is 12.7 Å². The fraction of sp³-hybridized carbons (Fsp3) is 0.286. The van der Waals surface area contributed by atoms with Crippen LogP contribution in [-0.2, 0) is 6.42 Å². The molecule has 0 aromatic heterocycles. The van der Waals surface area contributed by atoms with Gasteiger partial charge in [-0.2, -0.15) is 0 Å². The van der Waals surface area contributed by atoms with Crippen molar-refractivity contribution in [1.29, 1.82) is 0 Å². The van der Waals surface area contributed by atoms with Crippen molar-refractivity contribution in [2.24, 2.45) is 4.99 Å². The highest BCUT2D eigenvalue weighted by Gasteiger charge is 2.28. The molecule has 0 radical (unpaired) electrons. The summed E-state index contributed by atoms with van der Waals surface area (Å²) in [6, 6.07) is 13.0. The lowest BCUT2D eigenvalue weighted by molar-refractivity contribution is 0.0996. The van der Waals surface area contributed by atoms with E-state index in [1.54, 1.807) is 18.2 Å². The van der Waals surface area contributed by atoms with Gasteiger partial charge in [-0.3, -0.25) is 14.6 Å². The smallest absolute Gasteiger partial charge is 0.172 e. The molecule has 25 heavy (non-hydrogen) atoms. The first kappa shape index (κ1) is 17.1. The van der Waals surface area contributed by atoms with E-state index in [0.29, 0.717) is 16.9 Å². The zero-order chi connectivity index (χ0) is 18.0. The molecule has 0 aliphatic carbocycles. The minimum Gasteiger partial charge on any atom is -0.496 e. The third-order valence-corrected chi connectivity index (χ3v) is 4.38. The molecule has 0 amide bonds. The second-order valence-corrected chi connectivity index (χ2v) is 6.88. The summed E-state index contributed by atoms with van der Waals surface area (Å²) in [5, 5.41) is 0. The van der Waals surface area contributed by atoms with Crippen molar-refractivity contribution < 1.29 is 14.3 Å². The van der Waals surface area contributed by atoms with Gasteiger partial charge in [-0.15, -0.1) is 0 Å². The Morgan fingerprint density at radius 2 is 2.00 bits per heavy atom. The van der Waals surface area contributed by atoms with Gasteiger partial charge in [0.25, 0.3) is 0 Å². The number of hydrogen-bond donors (Lipinski definition) is 0. The minimum atomic E-state index is -0.227. The molecule has 1 heterocycles. The van der Waals surface area contributed by atoms with Gasteiger partial charge >= 0.3 is 0 Å². The molecule has 0 bridgehead atoms. The van der Waals surface area contributed by atoms with Crippen LogP contribution in [0.25, 0.3) is 0 Å². The highest BCUT2D eigenvalue weighted by Crippen LogP contribution is 2.29. The zero-order valence-electron chi connectivity index (χ0n) is 14.7. The van der Waals surface area contributed by atoms with Crippen LogP contribution in [0, 0.1) is 0 Å². The van der Waals surface area contributed by atoms with Crippen LogP contribution >= 0.6 is 0 Å². The molecule has 0 saturated heterocycles. The van der Waals surface area contributed by atoms with Gasteiger partial charge in [0.1, 0.15) is 12.0 Å². The minimum absolute atomic E-state index is 0.0689. The summed E-state index contributed by atoms with van der Waals surface area (Å²) >= 11 is 0. The third-order valence-electron chi connectivity index (χ3n) is 4.38. The van der Waals surface area contributed by atoms with Crippen molar-refractivity contribution >= 4 is 17.8 Å². The second kappa shape index (κ2) is 6.63. The van der Waals surface area contributed by atoms with E-state index in [-0.39, 0.29) is 17.7 Å². The lowest BCUT2D eigenvalue weighted by Gasteiger charge is -2.29. The maximum absolute atomic E-state index is 12.9. The summed E-state index contributed by atoms with van der Waals surface area (Å²) in [4.78, 5) is 28.6. The lowest BCUT2D eigenvalue weighted by Crippen LogP contribution is -2.30. The first-order valence-corrected chi connectivity index (χ1v) is 8.27. The Morgan fingerprint density at radius 1 is 1.24 bits per heavy atom. The van der Waals surface area contributed by atoms with Gasteiger partial charge in [0, 0.05) is 5.56 Å². The number of benzene rings is 2. The number of aliphatic imine (C=N–C) groups is 1. The maximum Gasteiger partial charge on any atom is 0.172 e. The third kappa shape index (κ3) is 3.53. The van der Waals surface area contributed by atoms with Gasteiger partial charge in [-0.1, -0.05) is 30.3 Å². The van der Waals surface area contributed by atoms with Crippen molar-refractivity contribution in [2.75, 3.05) is 7.11 Å². The number of carbonyl (C=O) groups is 2. The Balaban J connectivity index is 1.95. The summed E-state index contributed by atoms with van der Waals surface area (Å²) in [7, 11) is 1.50. The monoisotopic (exact) mass is 335 g/mol. The molecule has 0 fully saturated rings. The molecule has 0 atom stereocenters. The van der Waals surface area contributed by atoms with Crippen LogP contribution < -0.4 is 4.74 Å². The van der Waals surface area contributed by atoms with Crippen molar-refractivity contribution in [3.8, 4) is 5.75 Å². The van der Waals surface area contributed by atoms with Crippen LogP contribution in [0.3, 0.4) is 0 Å². The number of hydrogen-bond acceptors (Lipinski definition) is 4. The van der Waals surface area contributed by atoms with Crippen LogP contribution in [0.2, 0.25) is 0 Å². The highest BCUT2D eigenvalue weighted by atomic mass is 16.5. The average molecular weight is 335 g/mol. The van der Waals surface area contributed by atoms with Gasteiger partial charge in [0.15, 0.2) is 5.78 Å². The van der Waals surface area contributed by atoms with E-state index >= 15 is 0 Å². The van der Waals surface area contributed by atoms with Crippen LogP contribution in [-0.4, -0.2) is 30.4 Å². The quantitative estimate of drug-likeness (QED) is 0.615.